The molecule has 0 unspecified atom stereocenters. The molecule has 0 amide bonds. The van der Waals surface area contributed by atoms with E-state index in [1.54, 1.807) is 0 Å². The summed E-state index contributed by atoms with van der Waals surface area (Å²) in [6.07, 6.45) is 0. The van der Waals surface area contributed by atoms with Crippen LogP contribution in [0.25, 0.3) is 32.3 Å². The van der Waals surface area contributed by atoms with Gasteiger partial charge in [0.2, 0.25) is 5.82 Å². The molecular weight excluding hydrogens is 669 g/mol. The van der Waals surface area contributed by atoms with Gasteiger partial charge in [0.1, 0.15) is 29.0 Å². The molecule has 47 heavy (non-hydrogen) atoms. The van der Waals surface area contributed by atoms with E-state index in [-0.39, 0.29) is 12.1 Å². The van der Waals surface area contributed by atoms with Crippen LogP contribution in [0.15, 0.2) is 42.5 Å². The summed E-state index contributed by atoms with van der Waals surface area (Å²) in [6.45, 7) is 0. The Hall–Kier alpha value is -5.22. The van der Waals surface area contributed by atoms with Crippen molar-refractivity contribution >= 4 is 44.9 Å². The molecule has 0 saturated heterocycles. The first kappa shape index (κ1) is 31.8. The predicted molar refractivity (Wildman–Crippen MR) is 138 cm³/mol. The molecular formula is C30H7BF14O2. The van der Waals surface area contributed by atoms with Crippen molar-refractivity contribution in [1.29, 1.82) is 0 Å². The van der Waals surface area contributed by atoms with E-state index >= 15 is 4.39 Å². The Labute approximate surface area is 251 Å². The molecule has 0 heterocycles. The SMILES string of the molecule is Fc1cc(F)c2c(F)ccc(OB(Oc3c(F)c(F)c(F)c4c(F)c(F)c(F)c(F)c34)c3ccc(F)c4c(F)c(F)c(F)cc34)c2c1. The van der Waals surface area contributed by atoms with Crippen molar-refractivity contribution in [2.45, 2.75) is 0 Å². The monoisotopic (exact) mass is 676 g/mol. The molecule has 6 aromatic rings. The minimum Gasteiger partial charge on any atom is -0.521 e. The van der Waals surface area contributed by atoms with Crippen molar-refractivity contribution in [3.05, 3.63) is 124 Å². The van der Waals surface area contributed by atoms with E-state index in [0.29, 0.717) is 30.3 Å². The summed E-state index contributed by atoms with van der Waals surface area (Å²) in [5.41, 5.74) is -0.894. The van der Waals surface area contributed by atoms with Crippen LogP contribution in [-0.4, -0.2) is 7.12 Å². The molecule has 6 aromatic carbocycles. The second-order valence-corrected chi connectivity index (χ2v) is 9.75. The minimum absolute atomic E-state index is 0.156. The Morgan fingerprint density at radius 3 is 1.60 bits per heavy atom. The van der Waals surface area contributed by atoms with Crippen molar-refractivity contribution in [2.75, 3.05) is 0 Å². The van der Waals surface area contributed by atoms with Gasteiger partial charge in [0.05, 0.1) is 21.5 Å². The molecule has 0 fully saturated rings. The van der Waals surface area contributed by atoms with Crippen LogP contribution in [0.5, 0.6) is 11.5 Å². The van der Waals surface area contributed by atoms with Gasteiger partial charge >= 0.3 is 7.12 Å². The van der Waals surface area contributed by atoms with Gasteiger partial charge in [0, 0.05) is 16.9 Å². The first-order chi connectivity index (χ1) is 22.1. The normalized spacial score (nSPS) is 11.6. The van der Waals surface area contributed by atoms with Crippen LogP contribution in [0.4, 0.5) is 61.5 Å². The van der Waals surface area contributed by atoms with Crippen LogP contribution >= 0.6 is 0 Å². The number of hydrogen-bond donors (Lipinski definition) is 0. The van der Waals surface area contributed by atoms with Crippen LogP contribution in [-0.2, 0) is 0 Å². The van der Waals surface area contributed by atoms with Gasteiger partial charge in [-0.25, -0.2) is 57.1 Å². The van der Waals surface area contributed by atoms with Gasteiger partial charge in [-0.2, -0.15) is 4.39 Å². The third kappa shape index (κ3) is 4.82. The molecule has 0 aliphatic heterocycles. The molecule has 0 saturated carbocycles. The molecule has 0 aliphatic carbocycles. The summed E-state index contributed by atoms with van der Waals surface area (Å²) >= 11 is 0. The highest BCUT2D eigenvalue weighted by molar-refractivity contribution is 6.66. The Bertz CT molecular complexity index is 2320. The molecule has 17 heteroatoms. The van der Waals surface area contributed by atoms with Crippen molar-refractivity contribution < 1.29 is 70.8 Å². The third-order valence-electron chi connectivity index (χ3n) is 7.07. The molecule has 0 N–H and O–H groups in total. The minimum atomic E-state index is -2.71. The van der Waals surface area contributed by atoms with Crippen LogP contribution in [0.2, 0.25) is 0 Å². The fraction of sp³-hybridized carbons (Fsp3) is 0. The fourth-order valence-electron chi connectivity index (χ4n) is 4.98. The zero-order valence-electron chi connectivity index (χ0n) is 22.2. The topological polar surface area (TPSA) is 18.5 Å². The molecule has 6 rings (SSSR count). The number of fused-ring (bicyclic) bond motifs is 3. The summed E-state index contributed by atoms with van der Waals surface area (Å²) in [4.78, 5) is 0. The highest BCUT2D eigenvalue weighted by Gasteiger charge is 2.37. The number of hydrogen-bond acceptors (Lipinski definition) is 2. The molecule has 0 bridgehead atoms. The van der Waals surface area contributed by atoms with Gasteiger partial charge in [-0.3, -0.25) is 0 Å². The average Bonchev–Trinajstić information content (AvgIpc) is 3.02. The first-order valence-electron chi connectivity index (χ1n) is 12.6. The standard InChI is InChI=1S/C30H7BF14O2/c32-8-5-10-16(4-3-12(33)17(10)14(35)6-8)46-31(11-1-2-13(34)18-9(11)7-15(36)21(37)22(18)38)47-30-20-19(24(40)28(44)29(30)45)23(39)26(42)27(43)25(20)41/h1-7H. The summed E-state index contributed by atoms with van der Waals surface area (Å²) in [5, 5.41) is -7.95. The Morgan fingerprint density at radius 2 is 0.936 bits per heavy atom. The lowest BCUT2D eigenvalue weighted by Crippen LogP contribution is -2.44. The highest BCUT2D eigenvalue weighted by Crippen LogP contribution is 2.40. The van der Waals surface area contributed by atoms with Gasteiger partial charge in [-0.1, -0.05) is 6.07 Å². The van der Waals surface area contributed by atoms with E-state index in [1.807, 2.05) is 0 Å². The molecule has 0 spiro atoms. The summed E-state index contributed by atoms with van der Waals surface area (Å²) in [7, 11) is -2.71. The number of benzene rings is 6. The van der Waals surface area contributed by atoms with E-state index in [2.05, 4.69) is 0 Å². The first-order valence-corrected chi connectivity index (χ1v) is 12.6. The smallest absolute Gasteiger partial charge is 0.521 e. The Morgan fingerprint density at radius 1 is 0.383 bits per heavy atom. The lowest BCUT2D eigenvalue weighted by Gasteiger charge is -2.22. The van der Waals surface area contributed by atoms with E-state index in [9.17, 15) is 57.1 Å². The molecule has 0 atom stereocenters. The van der Waals surface area contributed by atoms with Crippen LogP contribution in [0.1, 0.15) is 0 Å². The van der Waals surface area contributed by atoms with Gasteiger partial charge in [-0.15, -0.1) is 0 Å². The largest absolute Gasteiger partial charge is 0.633 e. The molecule has 0 aromatic heterocycles. The number of rotatable bonds is 5. The zero-order chi connectivity index (χ0) is 34.2. The highest BCUT2D eigenvalue weighted by atomic mass is 19.2. The van der Waals surface area contributed by atoms with Gasteiger partial charge in [0.25, 0.3) is 0 Å². The second kappa shape index (κ2) is 11.2. The molecule has 0 aliphatic rings. The summed E-state index contributed by atoms with van der Waals surface area (Å²) < 4.78 is 214. The van der Waals surface area contributed by atoms with Crippen LogP contribution in [0, 0.1) is 81.4 Å². The maximum absolute atomic E-state index is 15.2. The van der Waals surface area contributed by atoms with Crippen molar-refractivity contribution in [2.24, 2.45) is 0 Å². The van der Waals surface area contributed by atoms with E-state index in [0.717, 1.165) is 0 Å². The number of halogens is 14. The summed E-state index contributed by atoms with van der Waals surface area (Å²) in [5.74, 6) is -32.9. The third-order valence-corrected chi connectivity index (χ3v) is 7.07. The lowest BCUT2D eigenvalue weighted by molar-refractivity contribution is 0.386. The van der Waals surface area contributed by atoms with E-state index in [1.165, 1.54) is 0 Å². The van der Waals surface area contributed by atoms with Gasteiger partial charge < -0.3 is 9.31 Å². The van der Waals surface area contributed by atoms with Crippen LogP contribution in [0.3, 0.4) is 0 Å². The quantitative estimate of drug-likeness (QED) is 0.0787. The van der Waals surface area contributed by atoms with Gasteiger partial charge in [0.15, 0.2) is 58.1 Å². The van der Waals surface area contributed by atoms with Crippen molar-refractivity contribution in [1.82, 2.24) is 0 Å². The van der Waals surface area contributed by atoms with E-state index in [4.69, 9.17) is 9.31 Å². The summed E-state index contributed by atoms with van der Waals surface area (Å²) in [6, 6.07) is 3.06. The predicted octanol–water partition coefficient (Wildman–Crippen LogP) is 8.95. The Kier molecular flexibility index (Phi) is 7.59. The van der Waals surface area contributed by atoms with Crippen molar-refractivity contribution in [3.63, 3.8) is 0 Å². The van der Waals surface area contributed by atoms with Crippen molar-refractivity contribution in [3.8, 4) is 11.5 Å². The Balaban J connectivity index is 1.69. The maximum atomic E-state index is 15.2. The second-order valence-electron chi connectivity index (χ2n) is 9.75. The molecule has 0 radical (unpaired) electrons. The van der Waals surface area contributed by atoms with E-state index < -0.39 is 138 Å². The molecule has 240 valence electrons. The fourth-order valence-corrected chi connectivity index (χ4v) is 4.98. The van der Waals surface area contributed by atoms with Gasteiger partial charge in [-0.05, 0) is 35.7 Å². The molecule has 2 nitrogen and oxygen atoms in total. The lowest BCUT2D eigenvalue weighted by atomic mass is 9.75. The maximum Gasteiger partial charge on any atom is 0.633 e. The zero-order valence-corrected chi connectivity index (χ0v) is 22.2. The van der Waals surface area contributed by atoms with Crippen LogP contribution < -0.4 is 14.8 Å². The average molecular weight is 676 g/mol.